The Labute approximate surface area is 129 Å². The lowest BCUT2D eigenvalue weighted by Crippen LogP contribution is -2.41. The number of nitrogens with one attached hydrogen (secondary N) is 1. The molecular formula is C16H21FN2O3. The molecule has 2 rings (SSSR count). The SMILES string of the molecule is CC(C)(C)OCCN1C(=O)N[C@@](C)(c2ccc(F)cc2)C1=O. The molecule has 0 spiro atoms. The maximum Gasteiger partial charge on any atom is 0.325 e. The molecule has 0 bridgehead atoms. The van der Waals surface area contributed by atoms with E-state index in [2.05, 4.69) is 5.32 Å². The number of urea groups is 1. The normalized spacial score (nSPS) is 22.1. The zero-order valence-corrected chi connectivity index (χ0v) is 13.3. The summed E-state index contributed by atoms with van der Waals surface area (Å²) in [6.07, 6.45) is 0. The summed E-state index contributed by atoms with van der Waals surface area (Å²) in [7, 11) is 0. The summed E-state index contributed by atoms with van der Waals surface area (Å²) >= 11 is 0. The third kappa shape index (κ3) is 3.27. The average Bonchev–Trinajstić information content (AvgIpc) is 2.62. The predicted octanol–water partition coefficient (Wildman–Crippen LogP) is 2.41. The number of hydrogen-bond donors (Lipinski definition) is 1. The molecule has 22 heavy (non-hydrogen) atoms. The quantitative estimate of drug-likeness (QED) is 0.869. The molecule has 1 saturated heterocycles. The van der Waals surface area contributed by atoms with Gasteiger partial charge < -0.3 is 10.1 Å². The van der Waals surface area contributed by atoms with E-state index in [1.807, 2.05) is 20.8 Å². The Morgan fingerprint density at radius 2 is 1.82 bits per heavy atom. The molecule has 1 aliphatic rings. The van der Waals surface area contributed by atoms with Gasteiger partial charge in [0.1, 0.15) is 11.4 Å². The van der Waals surface area contributed by atoms with E-state index in [0.717, 1.165) is 4.90 Å². The summed E-state index contributed by atoms with van der Waals surface area (Å²) in [5.41, 5.74) is -0.960. The maximum atomic E-state index is 13.0. The largest absolute Gasteiger partial charge is 0.374 e. The van der Waals surface area contributed by atoms with Crippen molar-refractivity contribution in [2.75, 3.05) is 13.2 Å². The standard InChI is InChI=1S/C16H21FN2O3/c1-15(2,3)22-10-9-19-13(20)16(4,18-14(19)21)11-5-7-12(17)8-6-11/h5-8H,9-10H2,1-4H3,(H,18,21)/t16-/m0/s1. The second kappa shape index (κ2) is 5.68. The van der Waals surface area contributed by atoms with Crippen LogP contribution >= 0.6 is 0 Å². The minimum Gasteiger partial charge on any atom is -0.374 e. The lowest BCUT2D eigenvalue weighted by Gasteiger charge is -2.23. The van der Waals surface area contributed by atoms with Crippen LogP contribution in [0.4, 0.5) is 9.18 Å². The van der Waals surface area contributed by atoms with Gasteiger partial charge in [-0.05, 0) is 45.4 Å². The minimum absolute atomic E-state index is 0.179. The molecule has 0 radical (unpaired) electrons. The first-order valence-corrected chi connectivity index (χ1v) is 7.17. The number of benzene rings is 1. The maximum absolute atomic E-state index is 13.0. The number of nitrogens with zero attached hydrogens (tertiary/aromatic N) is 1. The molecule has 3 amide bonds. The van der Waals surface area contributed by atoms with Gasteiger partial charge in [-0.2, -0.15) is 0 Å². The molecule has 1 atom stereocenters. The molecule has 120 valence electrons. The molecule has 0 saturated carbocycles. The van der Waals surface area contributed by atoms with Crippen molar-refractivity contribution in [3.8, 4) is 0 Å². The van der Waals surface area contributed by atoms with Gasteiger partial charge in [0.25, 0.3) is 5.91 Å². The Hall–Kier alpha value is -1.95. The van der Waals surface area contributed by atoms with Crippen molar-refractivity contribution >= 4 is 11.9 Å². The highest BCUT2D eigenvalue weighted by Gasteiger charge is 2.48. The van der Waals surface area contributed by atoms with E-state index < -0.39 is 11.6 Å². The summed E-state index contributed by atoms with van der Waals surface area (Å²) in [6, 6.07) is 5.08. The number of ether oxygens (including phenoxy) is 1. The molecule has 5 nitrogen and oxygen atoms in total. The fraction of sp³-hybridized carbons (Fsp3) is 0.500. The van der Waals surface area contributed by atoms with E-state index in [1.165, 1.54) is 24.3 Å². The average molecular weight is 308 g/mol. The fourth-order valence-corrected chi connectivity index (χ4v) is 2.32. The Morgan fingerprint density at radius 1 is 1.23 bits per heavy atom. The second-order valence-electron chi connectivity index (χ2n) is 6.48. The molecule has 1 aliphatic heterocycles. The van der Waals surface area contributed by atoms with Gasteiger partial charge >= 0.3 is 6.03 Å². The van der Waals surface area contributed by atoms with Gasteiger partial charge in [0, 0.05) is 0 Å². The van der Waals surface area contributed by atoms with Crippen LogP contribution in [0.3, 0.4) is 0 Å². The van der Waals surface area contributed by atoms with Crippen molar-refractivity contribution in [1.82, 2.24) is 10.2 Å². The molecule has 0 aromatic heterocycles. The first-order chi connectivity index (χ1) is 10.1. The Bertz CT molecular complexity index is 580. The van der Waals surface area contributed by atoms with Crippen molar-refractivity contribution in [1.29, 1.82) is 0 Å². The Morgan fingerprint density at radius 3 is 2.36 bits per heavy atom. The molecule has 6 heteroatoms. The topological polar surface area (TPSA) is 58.6 Å². The summed E-state index contributed by atoms with van der Waals surface area (Å²) in [6.45, 7) is 7.77. The van der Waals surface area contributed by atoms with Crippen LogP contribution in [0, 0.1) is 5.82 Å². The van der Waals surface area contributed by atoms with Gasteiger partial charge in [0.2, 0.25) is 0 Å². The summed E-state index contributed by atoms with van der Waals surface area (Å²) < 4.78 is 18.6. The first-order valence-electron chi connectivity index (χ1n) is 7.17. The molecule has 1 N–H and O–H groups in total. The fourth-order valence-electron chi connectivity index (χ4n) is 2.32. The van der Waals surface area contributed by atoms with Crippen molar-refractivity contribution in [2.24, 2.45) is 0 Å². The predicted molar refractivity (Wildman–Crippen MR) is 79.7 cm³/mol. The van der Waals surface area contributed by atoms with Crippen LogP contribution in [0.25, 0.3) is 0 Å². The number of imide groups is 1. The van der Waals surface area contributed by atoms with Crippen LogP contribution in [0.1, 0.15) is 33.3 Å². The number of halogens is 1. The Balaban J connectivity index is 2.12. The van der Waals surface area contributed by atoms with Crippen LogP contribution in [-0.2, 0) is 15.1 Å². The molecule has 0 aliphatic carbocycles. The summed E-state index contributed by atoms with van der Waals surface area (Å²) in [4.78, 5) is 25.8. The van der Waals surface area contributed by atoms with Gasteiger partial charge in [0.05, 0.1) is 18.8 Å². The lowest BCUT2D eigenvalue weighted by molar-refractivity contribution is -0.132. The molecular weight excluding hydrogens is 287 g/mol. The van der Waals surface area contributed by atoms with E-state index in [1.54, 1.807) is 6.92 Å². The molecule has 1 aromatic carbocycles. The van der Waals surface area contributed by atoms with E-state index >= 15 is 0 Å². The van der Waals surface area contributed by atoms with Crippen molar-refractivity contribution in [3.05, 3.63) is 35.6 Å². The number of carbonyl (C=O) groups excluding carboxylic acids is 2. The van der Waals surface area contributed by atoms with Crippen LogP contribution in [0.2, 0.25) is 0 Å². The van der Waals surface area contributed by atoms with Gasteiger partial charge in [-0.25, -0.2) is 9.18 Å². The van der Waals surface area contributed by atoms with E-state index in [0.29, 0.717) is 5.56 Å². The second-order valence-corrected chi connectivity index (χ2v) is 6.48. The van der Waals surface area contributed by atoms with Crippen LogP contribution in [0.15, 0.2) is 24.3 Å². The monoisotopic (exact) mass is 308 g/mol. The highest BCUT2D eigenvalue weighted by Crippen LogP contribution is 2.28. The third-order valence-corrected chi connectivity index (χ3v) is 3.55. The van der Waals surface area contributed by atoms with Gasteiger partial charge in [0.15, 0.2) is 0 Å². The van der Waals surface area contributed by atoms with E-state index in [-0.39, 0.29) is 30.5 Å². The Kier molecular flexibility index (Phi) is 4.24. The van der Waals surface area contributed by atoms with Crippen molar-refractivity contribution in [2.45, 2.75) is 38.8 Å². The van der Waals surface area contributed by atoms with Gasteiger partial charge in [-0.1, -0.05) is 12.1 Å². The van der Waals surface area contributed by atoms with Crippen LogP contribution in [0.5, 0.6) is 0 Å². The number of rotatable bonds is 4. The minimum atomic E-state index is -1.17. The summed E-state index contributed by atoms with van der Waals surface area (Å²) in [5, 5.41) is 2.67. The number of amides is 3. The zero-order chi connectivity index (χ0) is 16.5. The molecule has 1 fully saturated rings. The van der Waals surface area contributed by atoms with Gasteiger partial charge in [-0.3, -0.25) is 9.69 Å². The number of hydrogen-bond acceptors (Lipinski definition) is 3. The molecule has 1 aromatic rings. The zero-order valence-electron chi connectivity index (χ0n) is 13.3. The highest BCUT2D eigenvalue weighted by molar-refractivity contribution is 6.07. The molecule has 1 heterocycles. The van der Waals surface area contributed by atoms with Gasteiger partial charge in [-0.15, -0.1) is 0 Å². The van der Waals surface area contributed by atoms with Crippen LogP contribution in [-0.4, -0.2) is 35.6 Å². The van der Waals surface area contributed by atoms with E-state index in [4.69, 9.17) is 4.74 Å². The first kappa shape index (κ1) is 16.4. The number of carbonyl (C=O) groups is 2. The smallest absolute Gasteiger partial charge is 0.325 e. The van der Waals surface area contributed by atoms with Crippen LogP contribution < -0.4 is 5.32 Å². The molecule has 0 unspecified atom stereocenters. The van der Waals surface area contributed by atoms with Crippen molar-refractivity contribution < 1.29 is 18.7 Å². The van der Waals surface area contributed by atoms with Crippen molar-refractivity contribution in [3.63, 3.8) is 0 Å². The van der Waals surface area contributed by atoms with E-state index in [9.17, 15) is 14.0 Å². The third-order valence-electron chi connectivity index (χ3n) is 3.55. The highest BCUT2D eigenvalue weighted by atomic mass is 19.1. The summed E-state index contributed by atoms with van der Waals surface area (Å²) in [5.74, 6) is -0.749. The lowest BCUT2D eigenvalue weighted by atomic mass is 9.92.